The zero-order valence-electron chi connectivity index (χ0n) is 17.8. The predicted molar refractivity (Wildman–Crippen MR) is 111 cm³/mol. The van der Waals surface area contributed by atoms with Gasteiger partial charge in [-0.15, -0.1) is 0 Å². The smallest absolute Gasteiger partial charge is 0.377 e. The van der Waals surface area contributed by atoms with Crippen molar-refractivity contribution in [3.8, 4) is 0 Å². The fraction of sp³-hybridized carbons (Fsp3) is 0.727. The highest BCUT2D eigenvalue weighted by Crippen LogP contribution is 2.36. The molecule has 4 rings (SSSR count). The number of carbonyl (C=O) groups excluding carboxylic acids is 1. The standard InChI is InChI=1S/C22H31F3N4O2/c23-22(24,25)19-7-1-8-26-20(19)29-10-2-5-17(15-29)21(30)28-11-4-9-27(12-13-28)16-18-6-3-14-31-18/h1,7-8,17-18H,2-6,9-16H2/t17-,18-/m0/s1. The van der Waals surface area contributed by atoms with Crippen LogP contribution in [-0.2, 0) is 15.7 Å². The van der Waals surface area contributed by atoms with Gasteiger partial charge in [0.05, 0.1) is 17.6 Å². The molecule has 1 aromatic rings. The quantitative estimate of drug-likeness (QED) is 0.721. The van der Waals surface area contributed by atoms with Gasteiger partial charge >= 0.3 is 6.18 Å². The van der Waals surface area contributed by atoms with Gasteiger partial charge in [0, 0.05) is 52.1 Å². The molecule has 0 radical (unpaired) electrons. The lowest BCUT2D eigenvalue weighted by molar-refractivity contribution is -0.137. The van der Waals surface area contributed by atoms with E-state index in [1.54, 1.807) is 4.90 Å². The van der Waals surface area contributed by atoms with Gasteiger partial charge in [0.25, 0.3) is 0 Å². The minimum absolute atomic E-state index is 0.0631. The maximum absolute atomic E-state index is 13.4. The highest BCUT2D eigenvalue weighted by atomic mass is 19.4. The van der Waals surface area contributed by atoms with Crippen LogP contribution >= 0.6 is 0 Å². The summed E-state index contributed by atoms with van der Waals surface area (Å²) in [6.07, 6.45) is 1.75. The summed E-state index contributed by atoms with van der Waals surface area (Å²) in [6.45, 7) is 5.67. The largest absolute Gasteiger partial charge is 0.419 e. The van der Waals surface area contributed by atoms with Gasteiger partial charge in [0.1, 0.15) is 5.82 Å². The average molecular weight is 441 g/mol. The van der Waals surface area contributed by atoms with E-state index < -0.39 is 11.7 Å². The number of halogens is 3. The molecule has 0 saturated carbocycles. The van der Waals surface area contributed by atoms with Crippen molar-refractivity contribution < 1.29 is 22.7 Å². The maximum Gasteiger partial charge on any atom is 0.419 e. The molecule has 0 spiro atoms. The zero-order valence-corrected chi connectivity index (χ0v) is 17.8. The summed E-state index contributed by atoms with van der Waals surface area (Å²) < 4.78 is 46.0. The lowest BCUT2D eigenvalue weighted by Crippen LogP contribution is -2.46. The summed E-state index contributed by atoms with van der Waals surface area (Å²) >= 11 is 0. The molecule has 4 heterocycles. The molecule has 9 heteroatoms. The molecular formula is C22H31F3N4O2. The van der Waals surface area contributed by atoms with Crippen LogP contribution in [0.2, 0.25) is 0 Å². The highest BCUT2D eigenvalue weighted by molar-refractivity contribution is 5.80. The number of piperidine rings is 1. The Bertz CT molecular complexity index is 755. The van der Waals surface area contributed by atoms with Gasteiger partial charge in [-0.2, -0.15) is 13.2 Å². The number of nitrogens with zero attached hydrogens (tertiary/aromatic N) is 4. The summed E-state index contributed by atoms with van der Waals surface area (Å²) in [5.74, 6) is -0.291. The summed E-state index contributed by atoms with van der Waals surface area (Å²) in [7, 11) is 0. The number of carbonyl (C=O) groups is 1. The van der Waals surface area contributed by atoms with Crippen LogP contribution in [0.15, 0.2) is 18.3 Å². The Morgan fingerprint density at radius 3 is 2.74 bits per heavy atom. The van der Waals surface area contributed by atoms with Crippen LogP contribution < -0.4 is 4.90 Å². The minimum atomic E-state index is -4.46. The SMILES string of the molecule is O=C([C@H]1CCCN(c2ncccc2C(F)(F)F)C1)N1CCCN(C[C@@H]2CCCO2)CC1. The van der Waals surface area contributed by atoms with Crippen molar-refractivity contribution in [1.29, 1.82) is 0 Å². The minimum Gasteiger partial charge on any atom is -0.377 e. The number of rotatable bonds is 4. The Morgan fingerprint density at radius 1 is 1.10 bits per heavy atom. The number of anilines is 1. The summed E-state index contributed by atoms with van der Waals surface area (Å²) in [4.78, 5) is 23.2. The Balaban J connectivity index is 1.37. The Morgan fingerprint density at radius 2 is 1.97 bits per heavy atom. The van der Waals surface area contributed by atoms with Crippen molar-refractivity contribution in [2.45, 2.75) is 44.4 Å². The third-order valence-corrected chi connectivity index (χ3v) is 6.55. The van der Waals surface area contributed by atoms with Crippen molar-refractivity contribution in [2.24, 2.45) is 5.92 Å². The molecule has 31 heavy (non-hydrogen) atoms. The van der Waals surface area contributed by atoms with E-state index in [0.29, 0.717) is 38.6 Å². The van der Waals surface area contributed by atoms with E-state index in [-0.39, 0.29) is 24.2 Å². The highest BCUT2D eigenvalue weighted by Gasteiger charge is 2.38. The lowest BCUT2D eigenvalue weighted by atomic mass is 9.96. The monoisotopic (exact) mass is 440 g/mol. The topological polar surface area (TPSA) is 48.9 Å². The molecule has 0 bridgehead atoms. The molecule has 1 aromatic heterocycles. The van der Waals surface area contributed by atoms with Crippen LogP contribution in [0.4, 0.5) is 19.0 Å². The van der Waals surface area contributed by atoms with Gasteiger partial charge in [-0.1, -0.05) is 0 Å². The molecule has 3 fully saturated rings. The number of aromatic nitrogens is 1. The van der Waals surface area contributed by atoms with E-state index in [9.17, 15) is 18.0 Å². The molecule has 6 nitrogen and oxygen atoms in total. The van der Waals surface area contributed by atoms with Gasteiger partial charge in [0.15, 0.2) is 0 Å². The molecule has 0 aliphatic carbocycles. The van der Waals surface area contributed by atoms with Crippen molar-refractivity contribution in [3.63, 3.8) is 0 Å². The van der Waals surface area contributed by atoms with E-state index in [0.717, 1.165) is 51.6 Å². The van der Waals surface area contributed by atoms with Crippen molar-refractivity contribution in [3.05, 3.63) is 23.9 Å². The van der Waals surface area contributed by atoms with Gasteiger partial charge < -0.3 is 14.5 Å². The Hall–Kier alpha value is -1.87. The molecule has 2 atom stereocenters. The fourth-order valence-corrected chi connectivity index (χ4v) is 4.95. The van der Waals surface area contributed by atoms with Crippen molar-refractivity contribution >= 4 is 11.7 Å². The van der Waals surface area contributed by atoms with Crippen LogP contribution in [0.5, 0.6) is 0 Å². The van der Waals surface area contributed by atoms with Crippen LogP contribution in [0.1, 0.15) is 37.7 Å². The first kappa shape index (κ1) is 22.3. The van der Waals surface area contributed by atoms with Gasteiger partial charge in [-0.05, 0) is 50.8 Å². The normalized spacial score (nSPS) is 26.2. The lowest BCUT2D eigenvalue weighted by Gasteiger charge is -2.36. The number of alkyl halides is 3. The third kappa shape index (κ3) is 5.49. The number of hydrogen-bond donors (Lipinski definition) is 0. The molecule has 3 aliphatic heterocycles. The predicted octanol–water partition coefficient (Wildman–Crippen LogP) is 3.03. The number of pyridine rings is 1. The van der Waals surface area contributed by atoms with E-state index >= 15 is 0 Å². The second-order valence-electron chi connectivity index (χ2n) is 8.77. The number of ether oxygens (including phenoxy) is 1. The summed E-state index contributed by atoms with van der Waals surface area (Å²) in [5.41, 5.74) is -0.734. The van der Waals surface area contributed by atoms with Gasteiger partial charge in [0.2, 0.25) is 5.91 Å². The van der Waals surface area contributed by atoms with Crippen LogP contribution in [-0.4, -0.2) is 79.2 Å². The van der Waals surface area contributed by atoms with E-state index in [1.165, 1.54) is 12.3 Å². The van der Waals surface area contributed by atoms with Crippen LogP contribution in [0, 0.1) is 5.92 Å². The van der Waals surface area contributed by atoms with Crippen LogP contribution in [0.25, 0.3) is 0 Å². The molecule has 0 N–H and O–H groups in total. The first-order valence-electron chi connectivity index (χ1n) is 11.3. The van der Waals surface area contributed by atoms with Gasteiger partial charge in [-0.3, -0.25) is 9.69 Å². The molecule has 3 saturated heterocycles. The molecule has 0 unspecified atom stereocenters. The maximum atomic E-state index is 13.4. The molecular weight excluding hydrogens is 409 g/mol. The first-order chi connectivity index (χ1) is 14.9. The summed E-state index contributed by atoms with van der Waals surface area (Å²) in [5, 5.41) is 0. The average Bonchev–Trinajstić information content (AvgIpc) is 3.17. The Labute approximate surface area is 181 Å². The second kappa shape index (κ2) is 9.73. The molecule has 172 valence electrons. The number of amides is 1. The van der Waals surface area contributed by atoms with E-state index in [4.69, 9.17) is 4.74 Å². The van der Waals surface area contributed by atoms with Gasteiger partial charge in [-0.25, -0.2) is 4.98 Å². The molecule has 1 amide bonds. The number of hydrogen-bond acceptors (Lipinski definition) is 5. The summed E-state index contributed by atoms with van der Waals surface area (Å²) in [6, 6.07) is 2.36. The third-order valence-electron chi connectivity index (χ3n) is 6.55. The Kier molecular flexibility index (Phi) is 7.01. The first-order valence-corrected chi connectivity index (χ1v) is 11.3. The second-order valence-corrected chi connectivity index (χ2v) is 8.77. The van der Waals surface area contributed by atoms with E-state index in [2.05, 4.69) is 9.88 Å². The van der Waals surface area contributed by atoms with Crippen molar-refractivity contribution in [1.82, 2.24) is 14.8 Å². The molecule has 0 aromatic carbocycles. The van der Waals surface area contributed by atoms with E-state index in [1.807, 2.05) is 4.90 Å². The van der Waals surface area contributed by atoms with Crippen LogP contribution in [0.3, 0.4) is 0 Å². The molecule has 3 aliphatic rings. The fourth-order valence-electron chi connectivity index (χ4n) is 4.95. The van der Waals surface area contributed by atoms with Crippen molar-refractivity contribution in [2.75, 3.05) is 57.3 Å². The zero-order chi connectivity index (χ0) is 21.8.